The van der Waals surface area contributed by atoms with Crippen molar-refractivity contribution in [2.75, 3.05) is 6.54 Å². The zero-order valence-electron chi connectivity index (χ0n) is 13.2. The van der Waals surface area contributed by atoms with Gasteiger partial charge in [0.2, 0.25) is 0 Å². The lowest BCUT2D eigenvalue weighted by Crippen LogP contribution is -2.25. The van der Waals surface area contributed by atoms with E-state index in [0.29, 0.717) is 17.4 Å². The molecule has 1 aromatic heterocycles. The van der Waals surface area contributed by atoms with Crippen LogP contribution in [-0.4, -0.2) is 6.54 Å². The quantitative estimate of drug-likeness (QED) is 0.594. The first-order valence-corrected chi connectivity index (χ1v) is 8.98. The second-order valence-electron chi connectivity index (χ2n) is 6.89. The van der Waals surface area contributed by atoms with Crippen molar-refractivity contribution in [1.82, 2.24) is 5.32 Å². The predicted octanol–water partition coefficient (Wildman–Crippen LogP) is 6.56. The molecular weight excluding hydrogens is 309 g/mol. The van der Waals surface area contributed by atoms with Gasteiger partial charge in [0.1, 0.15) is 0 Å². The average molecular weight is 336 g/mol. The molecule has 116 valence electrons. The molecule has 2 unspecified atom stereocenters. The fourth-order valence-electron chi connectivity index (χ4n) is 2.76. The summed E-state index contributed by atoms with van der Waals surface area (Å²) in [5.41, 5.74) is 1.53. The second-order valence-corrected chi connectivity index (χ2v) is 9.18. The minimum Gasteiger partial charge on any atom is -0.310 e. The first-order valence-electron chi connectivity index (χ1n) is 7.41. The summed E-state index contributed by atoms with van der Waals surface area (Å²) in [5, 5.41) is 3.62. The summed E-state index contributed by atoms with van der Waals surface area (Å²) in [6.45, 7) is 12.4. The Balaban J connectivity index is 2.77. The summed E-state index contributed by atoms with van der Waals surface area (Å²) < 4.78 is 1.60. The van der Waals surface area contributed by atoms with E-state index in [1.54, 1.807) is 0 Å². The molecule has 0 spiro atoms. The van der Waals surface area contributed by atoms with Gasteiger partial charge in [-0.2, -0.15) is 0 Å². The number of thiophene rings is 1. The number of halogens is 2. The highest BCUT2D eigenvalue weighted by molar-refractivity contribution is 7.20. The fraction of sp³-hybridized carbons (Fsp3) is 0.750. The Morgan fingerprint density at radius 1 is 1.30 bits per heavy atom. The van der Waals surface area contributed by atoms with Gasteiger partial charge in [-0.25, -0.2) is 0 Å². The van der Waals surface area contributed by atoms with E-state index in [1.165, 1.54) is 17.8 Å². The lowest BCUT2D eigenvalue weighted by atomic mass is 9.82. The van der Waals surface area contributed by atoms with Crippen LogP contribution in [0.3, 0.4) is 0 Å². The first-order chi connectivity index (χ1) is 9.23. The average Bonchev–Trinajstić information content (AvgIpc) is 2.61. The van der Waals surface area contributed by atoms with E-state index >= 15 is 0 Å². The summed E-state index contributed by atoms with van der Waals surface area (Å²) in [5.74, 6) is 0.652. The van der Waals surface area contributed by atoms with Crippen LogP contribution in [-0.2, 0) is 0 Å². The lowest BCUT2D eigenvalue weighted by Gasteiger charge is -2.27. The number of rotatable bonds is 7. The zero-order valence-corrected chi connectivity index (χ0v) is 15.6. The molecule has 1 N–H and O–H groups in total. The van der Waals surface area contributed by atoms with Gasteiger partial charge in [0.05, 0.1) is 8.67 Å². The van der Waals surface area contributed by atoms with Crippen molar-refractivity contribution in [1.29, 1.82) is 0 Å². The van der Waals surface area contributed by atoms with Gasteiger partial charge in [0.15, 0.2) is 0 Å². The molecule has 0 aliphatic rings. The molecule has 0 saturated heterocycles. The minimum absolute atomic E-state index is 0.309. The summed E-state index contributed by atoms with van der Waals surface area (Å²) in [4.78, 5) is 0. The molecule has 4 heteroatoms. The Morgan fingerprint density at radius 2 is 1.95 bits per heavy atom. The van der Waals surface area contributed by atoms with Gasteiger partial charge in [0, 0.05) is 11.6 Å². The van der Waals surface area contributed by atoms with Crippen molar-refractivity contribution in [3.05, 3.63) is 20.3 Å². The molecule has 0 amide bonds. The van der Waals surface area contributed by atoms with Crippen molar-refractivity contribution in [2.45, 2.75) is 59.9 Å². The smallest absolute Gasteiger partial charge is 0.0991 e. The van der Waals surface area contributed by atoms with E-state index in [2.05, 4.69) is 39.9 Å². The largest absolute Gasteiger partial charge is 0.310 e. The van der Waals surface area contributed by atoms with Crippen LogP contribution in [0.15, 0.2) is 6.07 Å². The van der Waals surface area contributed by atoms with Gasteiger partial charge < -0.3 is 5.32 Å². The van der Waals surface area contributed by atoms with Gasteiger partial charge in [-0.05, 0) is 43.2 Å². The Kier molecular flexibility index (Phi) is 7.34. The van der Waals surface area contributed by atoms with E-state index in [1.807, 2.05) is 6.07 Å². The molecule has 0 fully saturated rings. The molecule has 1 rings (SSSR count). The van der Waals surface area contributed by atoms with Crippen molar-refractivity contribution >= 4 is 34.5 Å². The Labute approximate surface area is 138 Å². The lowest BCUT2D eigenvalue weighted by molar-refractivity contribution is 0.276. The molecule has 0 aliphatic carbocycles. The van der Waals surface area contributed by atoms with Crippen LogP contribution in [0.2, 0.25) is 8.67 Å². The molecule has 0 radical (unpaired) electrons. The monoisotopic (exact) mass is 335 g/mol. The van der Waals surface area contributed by atoms with Crippen molar-refractivity contribution in [3.8, 4) is 0 Å². The van der Waals surface area contributed by atoms with Crippen LogP contribution in [0.4, 0.5) is 0 Å². The number of hydrogen-bond acceptors (Lipinski definition) is 2. The first kappa shape index (κ1) is 18.3. The summed E-state index contributed by atoms with van der Waals surface area (Å²) in [6.07, 6.45) is 3.44. The zero-order chi connectivity index (χ0) is 15.3. The maximum Gasteiger partial charge on any atom is 0.0991 e. The molecule has 1 aromatic rings. The van der Waals surface area contributed by atoms with Crippen molar-refractivity contribution in [3.63, 3.8) is 0 Å². The highest BCUT2D eigenvalue weighted by atomic mass is 35.5. The molecule has 0 aromatic carbocycles. The van der Waals surface area contributed by atoms with Gasteiger partial charge >= 0.3 is 0 Å². The molecule has 20 heavy (non-hydrogen) atoms. The van der Waals surface area contributed by atoms with Crippen molar-refractivity contribution in [2.24, 2.45) is 11.3 Å². The van der Waals surface area contributed by atoms with Crippen LogP contribution in [0.1, 0.15) is 65.5 Å². The third kappa shape index (κ3) is 6.34. The molecule has 0 aliphatic heterocycles. The Morgan fingerprint density at radius 3 is 2.40 bits per heavy atom. The highest BCUT2D eigenvalue weighted by Crippen LogP contribution is 2.38. The summed E-state index contributed by atoms with van der Waals surface area (Å²) in [7, 11) is 0. The minimum atomic E-state index is 0.309. The topological polar surface area (TPSA) is 12.0 Å². The standard InChI is InChI=1S/C16H27Cl2NS/c1-6-7-19-13(8-11(2)10-16(3,4)5)12-9-14(17)20-15(12)18/h9,11,13,19H,6-8,10H2,1-5H3. The maximum atomic E-state index is 6.33. The third-order valence-electron chi connectivity index (χ3n) is 3.30. The molecule has 0 saturated carbocycles. The molecule has 1 nitrogen and oxygen atoms in total. The summed E-state index contributed by atoms with van der Waals surface area (Å²) >= 11 is 13.9. The van der Waals surface area contributed by atoms with Crippen LogP contribution in [0.25, 0.3) is 0 Å². The summed E-state index contributed by atoms with van der Waals surface area (Å²) in [6, 6.07) is 2.33. The van der Waals surface area contributed by atoms with E-state index in [9.17, 15) is 0 Å². The van der Waals surface area contributed by atoms with E-state index in [4.69, 9.17) is 23.2 Å². The van der Waals surface area contributed by atoms with E-state index in [-0.39, 0.29) is 0 Å². The van der Waals surface area contributed by atoms with Gasteiger partial charge in [-0.15, -0.1) is 11.3 Å². The van der Waals surface area contributed by atoms with Crippen LogP contribution < -0.4 is 5.32 Å². The van der Waals surface area contributed by atoms with E-state index in [0.717, 1.165) is 33.6 Å². The van der Waals surface area contributed by atoms with Gasteiger partial charge in [0.25, 0.3) is 0 Å². The Hall–Kier alpha value is 0.240. The van der Waals surface area contributed by atoms with Crippen LogP contribution >= 0.6 is 34.5 Å². The molecule has 2 atom stereocenters. The van der Waals surface area contributed by atoms with Crippen molar-refractivity contribution < 1.29 is 0 Å². The molecule has 0 bridgehead atoms. The molecule has 1 heterocycles. The Bertz CT molecular complexity index is 409. The maximum absolute atomic E-state index is 6.33. The van der Waals surface area contributed by atoms with Crippen LogP contribution in [0, 0.1) is 11.3 Å². The third-order valence-corrected chi connectivity index (χ3v) is 4.82. The number of nitrogens with one attached hydrogen (secondary N) is 1. The number of hydrogen-bond donors (Lipinski definition) is 1. The normalized spacial score (nSPS) is 15.3. The van der Waals surface area contributed by atoms with Gasteiger partial charge in [-0.1, -0.05) is 57.8 Å². The predicted molar refractivity (Wildman–Crippen MR) is 93.2 cm³/mol. The highest BCUT2D eigenvalue weighted by Gasteiger charge is 2.22. The van der Waals surface area contributed by atoms with Gasteiger partial charge in [-0.3, -0.25) is 0 Å². The molecular formula is C16H27Cl2NS. The van der Waals surface area contributed by atoms with Crippen LogP contribution in [0.5, 0.6) is 0 Å². The fourth-order valence-corrected chi connectivity index (χ4v) is 4.34. The SMILES string of the molecule is CCCNC(CC(C)CC(C)(C)C)c1cc(Cl)sc1Cl. The second kappa shape index (κ2) is 8.03. The van der Waals surface area contributed by atoms with E-state index < -0.39 is 0 Å².